The fraction of sp³-hybridized carbons (Fsp3) is 0.538. The smallest absolute Gasteiger partial charge is 0.498 e. The Labute approximate surface area is 113 Å². The van der Waals surface area contributed by atoms with Crippen LogP contribution in [0.25, 0.3) is 0 Å². The van der Waals surface area contributed by atoms with E-state index < -0.39 is 18.3 Å². The summed E-state index contributed by atoms with van der Waals surface area (Å²) in [5.74, 6) is -0.0254. The number of pyridine rings is 1. The van der Waals surface area contributed by atoms with E-state index in [0.29, 0.717) is 11.2 Å². The van der Waals surface area contributed by atoms with Crippen LogP contribution in [-0.4, -0.2) is 28.4 Å². The maximum Gasteiger partial charge on any atom is 0.498 e. The monoisotopic (exact) mass is 260 g/mol. The molecule has 1 aliphatic rings. The van der Waals surface area contributed by atoms with Gasteiger partial charge in [-0.3, -0.25) is 4.98 Å². The van der Waals surface area contributed by atoms with Crippen molar-refractivity contribution in [3.8, 4) is 11.8 Å². The third-order valence-corrected chi connectivity index (χ3v) is 3.78. The van der Waals surface area contributed by atoms with Crippen molar-refractivity contribution in [2.24, 2.45) is 0 Å². The van der Waals surface area contributed by atoms with Crippen molar-refractivity contribution < 1.29 is 14.4 Å². The molecular weight excluding hydrogens is 243 g/mol. The van der Waals surface area contributed by atoms with Gasteiger partial charge in [0.2, 0.25) is 0 Å². The number of aromatic nitrogens is 1. The molecule has 0 amide bonds. The van der Waals surface area contributed by atoms with Crippen molar-refractivity contribution in [3.63, 3.8) is 0 Å². The largest absolute Gasteiger partial charge is 0.506 e. The maximum absolute atomic E-state index is 10.1. The minimum Gasteiger partial charge on any atom is -0.506 e. The molecule has 1 aromatic heterocycles. The Kier molecular flexibility index (Phi) is 3.29. The lowest BCUT2D eigenvalue weighted by molar-refractivity contribution is 0.00578. The second-order valence-corrected chi connectivity index (χ2v) is 5.62. The van der Waals surface area contributed by atoms with E-state index in [4.69, 9.17) is 14.6 Å². The van der Waals surface area contributed by atoms with Crippen LogP contribution in [0.3, 0.4) is 0 Å². The number of nitrogens with zero attached hydrogens (tertiary/aromatic N) is 2. The first-order chi connectivity index (χ1) is 8.78. The summed E-state index contributed by atoms with van der Waals surface area (Å²) >= 11 is 0. The zero-order chi connectivity index (χ0) is 14.3. The highest BCUT2D eigenvalue weighted by Gasteiger charge is 2.52. The van der Waals surface area contributed by atoms with Gasteiger partial charge in [0.15, 0.2) is 0 Å². The predicted octanol–water partition coefficient (Wildman–Crippen LogP) is 1.15. The molecule has 1 aliphatic heterocycles. The molecule has 1 fully saturated rings. The van der Waals surface area contributed by atoms with Crippen LogP contribution in [0.4, 0.5) is 0 Å². The number of nitriles is 1. The normalized spacial score (nSPS) is 20.3. The van der Waals surface area contributed by atoms with Gasteiger partial charge in [-0.25, -0.2) is 0 Å². The van der Waals surface area contributed by atoms with Crippen molar-refractivity contribution >= 4 is 12.6 Å². The van der Waals surface area contributed by atoms with Crippen LogP contribution in [0.15, 0.2) is 12.3 Å². The molecule has 0 radical (unpaired) electrons. The third kappa shape index (κ3) is 2.31. The Bertz CT molecular complexity index is 521. The van der Waals surface area contributed by atoms with Gasteiger partial charge in [0.05, 0.1) is 29.4 Å². The van der Waals surface area contributed by atoms with Crippen molar-refractivity contribution in [3.05, 3.63) is 18.0 Å². The average Bonchev–Trinajstić information content (AvgIpc) is 2.51. The Morgan fingerprint density at radius 2 is 1.89 bits per heavy atom. The van der Waals surface area contributed by atoms with Crippen molar-refractivity contribution in [1.82, 2.24) is 4.98 Å². The average molecular weight is 260 g/mol. The highest BCUT2D eigenvalue weighted by molar-refractivity contribution is 6.63. The van der Waals surface area contributed by atoms with Crippen molar-refractivity contribution in [2.45, 2.75) is 45.3 Å². The third-order valence-electron chi connectivity index (χ3n) is 3.78. The van der Waals surface area contributed by atoms with Gasteiger partial charge in [-0.2, -0.15) is 5.26 Å². The molecule has 0 atom stereocenters. The summed E-state index contributed by atoms with van der Waals surface area (Å²) in [6, 6.07) is 3.62. The van der Waals surface area contributed by atoms with Crippen LogP contribution < -0.4 is 5.46 Å². The number of rotatable bonds is 2. The first kappa shape index (κ1) is 13.8. The second-order valence-electron chi connectivity index (χ2n) is 5.62. The molecular formula is C13H17BN2O3. The summed E-state index contributed by atoms with van der Waals surface area (Å²) in [4.78, 5) is 3.99. The maximum atomic E-state index is 10.1. The second kappa shape index (κ2) is 4.51. The molecule has 6 heteroatoms. The van der Waals surface area contributed by atoms with E-state index in [9.17, 15) is 5.11 Å². The predicted molar refractivity (Wildman–Crippen MR) is 70.9 cm³/mol. The lowest BCUT2D eigenvalue weighted by Crippen LogP contribution is -2.41. The molecule has 0 spiro atoms. The number of aromatic hydroxyl groups is 1. The Morgan fingerprint density at radius 1 is 1.32 bits per heavy atom. The van der Waals surface area contributed by atoms with Gasteiger partial charge in [0.1, 0.15) is 5.75 Å². The summed E-state index contributed by atoms with van der Waals surface area (Å²) in [7, 11) is -0.648. The van der Waals surface area contributed by atoms with E-state index in [1.807, 2.05) is 33.8 Å². The van der Waals surface area contributed by atoms with Crippen molar-refractivity contribution in [1.29, 1.82) is 5.26 Å². The van der Waals surface area contributed by atoms with Crippen molar-refractivity contribution in [2.75, 3.05) is 0 Å². The topological polar surface area (TPSA) is 75.4 Å². The molecule has 1 aromatic rings. The van der Waals surface area contributed by atoms with E-state index in [-0.39, 0.29) is 12.2 Å². The van der Waals surface area contributed by atoms with Crippen LogP contribution in [0.2, 0.25) is 0 Å². The quantitative estimate of drug-likeness (QED) is 0.807. The fourth-order valence-electron chi connectivity index (χ4n) is 1.88. The van der Waals surface area contributed by atoms with E-state index >= 15 is 0 Å². The molecule has 0 unspecified atom stereocenters. The zero-order valence-corrected chi connectivity index (χ0v) is 11.6. The summed E-state index contributed by atoms with van der Waals surface area (Å²) in [5.41, 5.74) is -0.0838. The molecule has 0 bridgehead atoms. The molecule has 5 nitrogen and oxygen atoms in total. The van der Waals surface area contributed by atoms with Gasteiger partial charge in [-0.15, -0.1) is 0 Å². The lowest BCUT2D eigenvalue weighted by atomic mass is 9.78. The van der Waals surface area contributed by atoms with Gasteiger partial charge < -0.3 is 14.4 Å². The van der Waals surface area contributed by atoms with Crippen LogP contribution >= 0.6 is 0 Å². The lowest BCUT2D eigenvalue weighted by Gasteiger charge is -2.32. The summed E-state index contributed by atoms with van der Waals surface area (Å²) < 4.78 is 11.7. The molecule has 0 saturated carbocycles. The van der Waals surface area contributed by atoms with E-state index in [1.165, 1.54) is 0 Å². The molecule has 0 aromatic carbocycles. The zero-order valence-electron chi connectivity index (χ0n) is 11.6. The number of hydrogen-bond donors (Lipinski definition) is 1. The molecule has 19 heavy (non-hydrogen) atoms. The van der Waals surface area contributed by atoms with Gasteiger partial charge >= 0.3 is 7.12 Å². The number of hydrogen-bond acceptors (Lipinski definition) is 5. The minimum atomic E-state index is -0.648. The Morgan fingerprint density at radius 3 is 2.42 bits per heavy atom. The van der Waals surface area contributed by atoms with Gasteiger partial charge in [0.25, 0.3) is 0 Å². The summed E-state index contributed by atoms with van der Waals surface area (Å²) in [6.07, 6.45) is 1.60. The SMILES string of the molecule is CC1(C)OB(c2ccnc(CC#N)c2O)OC1(C)C. The highest BCUT2D eigenvalue weighted by atomic mass is 16.7. The first-order valence-corrected chi connectivity index (χ1v) is 6.18. The first-order valence-electron chi connectivity index (χ1n) is 6.18. The molecule has 0 aliphatic carbocycles. The van der Waals surface area contributed by atoms with Crippen LogP contribution in [0, 0.1) is 11.3 Å². The Hall–Kier alpha value is -1.58. The minimum absolute atomic E-state index is 0.0254. The van der Waals surface area contributed by atoms with Gasteiger partial charge in [-0.1, -0.05) is 0 Å². The molecule has 1 saturated heterocycles. The summed E-state index contributed by atoms with van der Waals surface area (Å²) in [6.45, 7) is 7.78. The van der Waals surface area contributed by atoms with E-state index in [2.05, 4.69) is 4.98 Å². The van der Waals surface area contributed by atoms with E-state index in [1.54, 1.807) is 12.3 Å². The fourth-order valence-corrected chi connectivity index (χ4v) is 1.88. The molecule has 2 heterocycles. The molecule has 1 N–H and O–H groups in total. The van der Waals surface area contributed by atoms with E-state index in [0.717, 1.165) is 0 Å². The molecule has 100 valence electrons. The van der Waals surface area contributed by atoms with Crippen LogP contribution in [-0.2, 0) is 15.7 Å². The molecule has 2 rings (SSSR count). The highest BCUT2D eigenvalue weighted by Crippen LogP contribution is 2.37. The standard InChI is InChI=1S/C13H17BN2O3/c1-12(2)13(3,4)19-14(18-12)9-6-8-16-10(5-7-15)11(9)17/h6,8,17H,5H2,1-4H3. The van der Waals surface area contributed by atoms with Gasteiger partial charge in [-0.05, 0) is 33.8 Å². The van der Waals surface area contributed by atoms with Crippen LogP contribution in [0.1, 0.15) is 33.4 Å². The van der Waals surface area contributed by atoms with Gasteiger partial charge in [0, 0.05) is 11.7 Å². The Balaban J connectivity index is 2.35. The summed E-state index contributed by atoms with van der Waals surface area (Å²) in [5, 5.41) is 18.9. The van der Waals surface area contributed by atoms with Crippen LogP contribution in [0.5, 0.6) is 5.75 Å².